The van der Waals surface area contributed by atoms with Crippen LogP contribution in [-0.2, 0) is 9.59 Å². The number of carbonyl (C=O) groups is 2. The summed E-state index contributed by atoms with van der Waals surface area (Å²) in [5.41, 5.74) is 4.99. The highest BCUT2D eigenvalue weighted by atomic mass is 16.2. The predicted octanol–water partition coefficient (Wildman–Crippen LogP) is 0.145. The van der Waals surface area contributed by atoms with Crippen LogP contribution in [0.15, 0.2) is 0 Å². The van der Waals surface area contributed by atoms with Gasteiger partial charge < -0.3 is 16.4 Å². The van der Waals surface area contributed by atoms with Crippen LogP contribution >= 0.6 is 0 Å². The Bertz CT molecular complexity index is 293. The molecule has 0 aromatic rings. The molecule has 1 atom stereocenters. The lowest BCUT2D eigenvalue weighted by Gasteiger charge is -2.22. The van der Waals surface area contributed by atoms with Crippen molar-refractivity contribution in [1.29, 1.82) is 0 Å². The molecular formula is C12H23N3O2. The van der Waals surface area contributed by atoms with Crippen molar-refractivity contribution in [3.8, 4) is 0 Å². The van der Waals surface area contributed by atoms with Gasteiger partial charge in [-0.3, -0.25) is 9.59 Å². The lowest BCUT2D eigenvalue weighted by molar-refractivity contribution is -0.127. The Labute approximate surface area is 103 Å². The smallest absolute Gasteiger partial charge is 0.235 e. The molecule has 0 radical (unpaired) electrons. The molecule has 0 aliphatic heterocycles. The Kier molecular flexibility index (Phi) is 4.51. The average molecular weight is 241 g/mol. The Morgan fingerprint density at radius 3 is 2.35 bits per heavy atom. The molecule has 1 saturated carbocycles. The number of amides is 2. The van der Waals surface area contributed by atoms with Crippen LogP contribution in [0.1, 0.15) is 40.0 Å². The van der Waals surface area contributed by atoms with Crippen molar-refractivity contribution in [1.82, 2.24) is 10.6 Å². The van der Waals surface area contributed by atoms with Gasteiger partial charge in [0.25, 0.3) is 0 Å². The first-order chi connectivity index (χ1) is 7.78. The minimum Gasteiger partial charge on any atom is -0.368 e. The zero-order chi connectivity index (χ0) is 13.1. The molecule has 0 spiro atoms. The summed E-state index contributed by atoms with van der Waals surface area (Å²) in [6.45, 7) is 6.49. The van der Waals surface area contributed by atoms with Gasteiger partial charge >= 0.3 is 0 Å². The van der Waals surface area contributed by atoms with Gasteiger partial charge in [-0.25, -0.2) is 0 Å². The zero-order valence-electron chi connectivity index (χ0n) is 10.9. The SMILES string of the molecule is CC(C)(C)NC(=O)CC(NCC1CC1)C(N)=O. The van der Waals surface area contributed by atoms with Gasteiger partial charge in [-0.1, -0.05) is 0 Å². The standard InChI is InChI=1S/C12H23N3O2/c1-12(2,3)15-10(16)6-9(11(13)17)14-7-8-4-5-8/h8-9,14H,4-7H2,1-3H3,(H2,13,17)(H,15,16). The molecule has 0 heterocycles. The van der Waals surface area contributed by atoms with Crippen LogP contribution < -0.4 is 16.4 Å². The fourth-order valence-electron chi connectivity index (χ4n) is 1.56. The van der Waals surface area contributed by atoms with E-state index in [0.29, 0.717) is 5.92 Å². The normalized spacial score (nSPS) is 17.6. The molecule has 0 aromatic heterocycles. The van der Waals surface area contributed by atoms with E-state index in [2.05, 4.69) is 10.6 Å². The van der Waals surface area contributed by atoms with Crippen LogP contribution in [0.5, 0.6) is 0 Å². The van der Waals surface area contributed by atoms with Crippen molar-refractivity contribution in [2.24, 2.45) is 11.7 Å². The number of nitrogens with two attached hydrogens (primary N) is 1. The Morgan fingerprint density at radius 2 is 1.94 bits per heavy atom. The topological polar surface area (TPSA) is 84.2 Å². The van der Waals surface area contributed by atoms with E-state index in [9.17, 15) is 9.59 Å². The molecule has 1 aliphatic carbocycles. The lowest BCUT2D eigenvalue weighted by atomic mass is 10.1. The summed E-state index contributed by atoms with van der Waals surface area (Å²) in [7, 11) is 0. The van der Waals surface area contributed by atoms with Crippen molar-refractivity contribution in [3.63, 3.8) is 0 Å². The molecule has 98 valence electrons. The Balaban J connectivity index is 2.36. The van der Waals surface area contributed by atoms with Crippen molar-refractivity contribution in [2.75, 3.05) is 6.54 Å². The van der Waals surface area contributed by atoms with E-state index < -0.39 is 11.9 Å². The number of hydrogen-bond donors (Lipinski definition) is 3. The molecule has 4 N–H and O–H groups in total. The fourth-order valence-corrected chi connectivity index (χ4v) is 1.56. The van der Waals surface area contributed by atoms with E-state index in [1.54, 1.807) is 0 Å². The predicted molar refractivity (Wildman–Crippen MR) is 66.2 cm³/mol. The van der Waals surface area contributed by atoms with Crippen molar-refractivity contribution in [3.05, 3.63) is 0 Å². The summed E-state index contributed by atoms with van der Waals surface area (Å²) in [6.07, 6.45) is 2.51. The van der Waals surface area contributed by atoms with Crippen LogP contribution in [0.3, 0.4) is 0 Å². The van der Waals surface area contributed by atoms with Gasteiger partial charge in [-0.15, -0.1) is 0 Å². The monoisotopic (exact) mass is 241 g/mol. The third-order valence-corrected chi connectivity index (χ3v) is 2.60. The second kappa shape index (κ2) is 5.49. The molecule has 0 aromatic carbocycles. The number of rotatable bonds is 6. The number of hydrogen-bond acceptors (Lipinski definition) is 3. The lowest BCUT2D eigenvalue weighted by Crippen LogP contribution is -2.48. The van der Waals surface area contributed by atoms with Crippen molar-refractivity contribution >= 4 is 11.8 Å². The Hall–Kier alpha value is -1.10. The molecule has 5 nitrogen and oxygen atoms in total. The molecule has 2 amide bonds. The van der Waals surface area contributed by atoms with E-state index >= 15 is 0 Å². The maximum atomic E-state index is 11.7. The second-order valence-corrected chi connectivity index (χ2v) is 5.81. The zero-order valence-corrected chi connectivity index (χ0v) is 10.9. The minimum atomic E-state index is -0.557. The third kappa shape index (κ3) is 6.26. The average Bonchev–Trinajstić information content (AvgIpc) is 2.91. The highest BCUT2D eigenvalue weighted by Crippen LogP contribution is 2.27. The summed E-state index contributed by atoms with van der Waals surface area (Å²) in [4.78, 5) is 22.9. The van der Waals surface area contributed by atoms with Crippen LogP contribution in [0, 0.1) is 5.92 Å². The minimum absolute atomic E-state index is 0.110. The van der Waals surface area contributed by atoms with Crippen molar-refractivity contribution < 1.29 is 9.59 Å². The van der Waals surface area contributed by atoms with E-state index in [1.807, 2.05) is 20.8 Å². The van der Waals surface area contributed by atoms with Crippen LogP contribution in [0.25, 0.3) is 0 Å². The van der Waals surface area contributed by atoms with E-state index in [4.69, 9.17) is 5.73 Å². The Morgan fingerprint density at radius 1 is 1.35 bits per heavy atom. The molecular weight excluding hydrogens is 218 g/mol. The molecule has 1 unspecified atom stereocenters. The van der Waals surface area contributed by atoms with E-state index in [-0.39, 0.29) is 17.9 Å². The fraction of sp³-hybridized carbons (Fsp3) is 0.833. The quantitative estimate of drug-likeness (QED) is 0.618. The number of carbonyl (C=O) groups excluding carboxylic acids is 2. The molecule has 1 fully saturated rings. The van der Waals surface area contributed by atoms with Crippen LogP contribution in [0.2, 0.25) is 0 Å². The molecule has 5 heteroatoms. The van der Waals surface area contributed by atoms with Gasteiger partial charge in [0.1, 0.15) is 0 Å². The second-order valence-electron chi connectivity index (χ2n) is 5.81. The van der Waals surface area contributed by atoms with Crippen molar-refractivity contribution in [2.45, 2.75) is 51.6 Å². The number of primary amides is 1. The summed E-state index contributed by atoms with van der Waals surface area (Å²) >= 11 is 0. The first-order valence-corrected chi connectivity index (χ1v) is 6.11. The summed E-state index contributed by atoms with van der Waals surface area (Å²) in [5.74, 6) is 0.0434. The van der Waals surface area contributed by atoms with Gasteiger partial charge in [0, 0.05) is 5.54 Å². The first-order valence-electron chi connectivity index (χ1n) is 6.11. The third-order valence-electron chi connectivity index (χ3n) is 2.60. The van der Waals surface area contributed by atoms with Gasteiger partial charge in [0.2, 0.25) is 11.8 Å². The number of nitrogens with one attached hydrogen (secondary N) is 2. The van der Waals surface area contributed by atoms with Gasteiger partial charge in [-0.2, -0.15) is 0 Å². The maximum Gasteiger partial charge on any atom is 0.235 e. The molecule has 1 aliphatic rings. The first kappa shape index (κ1) is 14.0. The van der Waals surface area contributed by atoms with Gasteiger partial charge in [0.05, 0.1) is 12.5 Å². The maximum absolute atomic E-state index is 11.7. The summed E-state index contributed by atoms with van der Waals surface area (Å²) in [6, 6.07) is -0.557. The highest BCUT2D eigenvalue weighted by molar-refractivity contribution is 5.87. The van der Waals surface area contributed by atoms with Gasteiger partial charge in [-0.05, 0) is 46.1 Å². The molecule has 1 rings (SSSR count). The summed E-state index contributed by atoms with van der Waals surface area (Å²) in [5, 5.41) is 5.88. The van der Waals surface area contributed by atoms with Crippen LogP contribution in [-0.4, -0.2) is 29.9 Å². The van der Waals surface area contributed by atoms with Crippen LogP contribution in [0.4, 0.5) is 0 Å². The largest absolute Gasteiger partial charge is 0.368 e. The van der Waals surface area contributed by atoms with E-state index in [0.717, 1.165) is 6.54 Å². The molecule has 0 bridgehead atoms. The summed E-state index contributed by atoms with van der Waals surface area (Å²) < 4.78 is 0. The molecule has 17 heavy (non-hydrogen) atoms. The van der Waals surface area contributed by atoms with E-state index in [1.165, 1.54) is 12.8 Å². The highest BCUT2D eigenvalue weighted by Gasteiger charge is 2.26. The molecule has 0 saturated heterocycles. The van der Waals surface area contributed by atoms with Gasteiger partial charge in [0.15, 0.2) is 0 Å².